The Kier molecular flexibility index (Phi) is 4.24. The van der Waals surface area contributed by atoms with Crippen molar-refractivity contribution in [2.75, 3.05) is 6.54 Å². The van der Waals surface area contributed by atoms with Crippen molar-refractivity contribution in [2.24, 2.45) is 0 Å². The Bertz CT molecular complexity index is 324. The van der Waals surface area contributed by atoms with E-state index in [4.69, 9.17) is 5.11 Å². The number of hydrogen-bond acceptors (Lipinski definition) is 2. The number of aliphatic carboxylic acids is 1. The quantitative estimate of drug-likeness (QED) is 0.782. The number of rotatable bonds is 5. The van der Waals surface area contributed by atoms with Crippen LogP contribution in [0.25, 0.3) is 0 Å². The zero-order valence-electron chi connectivity index (χ0n) is 8.53. The van der Waals surface area contributed by atoms with Crippen molar-refractivity contribution in [1.82, 2.24) is 5.32 Å². The minimum atomic E-state index is -0.825. The van der Waals surface area contributed by atoms with Crippen LogP contribution in [0.1, 0.15) is 24.9 Å². The maximum Gasteiger partial charge on any atom is 0.304 e. The fourth-order valence-corrected chi connectivity index (χ4v) is 1.26. The zero-order valence-corrected chi connectivity index (χ0v) is 8.53. The van der Waals surface area contributed by atoms with Crippen LogP contribution in [0.4, 0.5) is 4.39 Å². The Labute approximate surface area is 87.9 Å². The van der Waals surface area contributed by atoms with Crippen molar-refractivity contribution in [3.05, 3.63) is 35.6 Å². The molecule has 0 radical (unpaired) electrons. The molecule has 0 aromatic heterocycles. The van der Waals surface area contributed by atoms with Gasteiger partial charge in [-0.15, -0.1) is 0 Å². The summed E-state index contributed by atoms with van der Waals surface area (Å²) in [4.78, 5) is 10.3. The molecule has 3 nitrogen and oxygen atoms in total. The molecule has 0 fully saturated rings. The highest BCUT2D eigenvalue weighted by Gasteiger charge is 2.05. The van der Waals surface area contributed by atoms with Crippen LogP contribution < -0.4 is 5.32 Å². The van der Waals surface area contributed by atoms with Gasteiger partial charge in [-0.25, -0.2) is 4.39 Å². The Morgan fingerprint density at radius 1 is 1.47 bits per heavy atom. The van der Waals surface area contributed by atoms with Crippen molar-refractivity contribution in [1.29, 1.82) is 0 Å². The van der Waals surface area contributed by atoms with Gasteiger partial charge in [0.15, 0.2) is 0 Å². The number of nitrogens with one attached hydrogen (secondary N) is 1. The van der Waals surface area contributed by atoms with Gasteiger partial charge in [0.05, 0.1) is 6.42 Å². The van der Waals surface area contributed by atoms with Gasteiger partial charge in [-0.1, -0.05) is 12.1 Å². The van der Waals surface area contributed by atoms with E-state index in [1.54, 1.807) is 12.1 Å². The summed E-state index contributed by atoms with van der Waals surface area (Å²) in [5.74, 6) is -1.09. The molecule has 0 amide bonds. The Morgan fingerprint density at radius 3 is 2.60 bits per heavy atom. The smallest absolute Gasteiger partial charge is 0.304 e. The van der Waals surface area contributed by atoms with Crippen LogP contribution in [0, 0.1) is 5.82 Å². The minimum absolute atomic E-state index is 0.0324. The average Bonchev–Trinajstić information content (AvgIpc) is 2.18. The third-order valence-corrected chi connectivity index (χ3v) is 2.16. The van der Waals surface area contributed by atoms with E-state index >= 15 is 0 Å². The Balaban J connectivity index is 2.43. The summed E-state index contributed by atoms with van der Waals surface area (Å²) < 4.78 is 12.6. The highest BCUT2D eigenvalue weighted by molar-refractivity contribution is 5.66. The molecule has 2 N–H and O–H groups in total. The molecule has 0 heterocycles. The summed E-state index contributed by atoms with van der Waals surface area (Å²) in [6.45, 7) is 2.32. The Hall–Kier alpha value is -1.42. The monoisotopic (exact) mass is 211 g/mol. The molecular weight excluding hydrogens is 197 g/mol. The molecule has 0 aliphatic rings. The lowest BCUT2D eigenvalue weighted by atomic mass is 10.1. The molecule has 0 saturated carbocycles. The van der Waals surface area contributed by atoms with E-state index in [0.29, 0.717) is 6.54 Å². The SMILES string of the molecule is CC(NCCC(=O)O)c1ccc(F)cc1. The van der Waals surface area contributed by atoms with Gasteiger partial charge in [0.25, 0.3) is 0 Å². The number of benzene rings is 1. The summed E-state index contributed by atoms with van der Waals surface area (Å²) in [5.41, 5.74) is 0.946. The van der Waals surface area contributed by atoms with Crippen LogP contribution in [-0.2, 0) is 4.79 Å². The van der Waals surface area contributed by atoms with E-state index in [1.165, 1.54) is 12.1 Å². The molecule has 15 heavy (non-hydrogen) atoms. The van der Waals surface area contributed by atoms with E-state index in [1.807, 2.05) is 6.92 Å². The highest BCUT2D eigenvalue weighted by Crippen LogP contribution is 2.12. The molecule has 0 bridgehead atoms. The molecule has 82 valence electrons. The molecule has 0 saturated heterocycles. The summed E-state index contributed by atoms with van der Waals surface area (Å²) in [7, 11) is 0. The van der Waals surface area contributed by atoms with Crippen molar-refractivity contribution in [3.8, 4) is 0 Å². The predicted molar refractivity (Wildman–Crippen MR) is 55.1 cm³/mol. The molecule has 0 spiro atoms. The van der Waals surface area contributed by atoms with Crippen LogP contribution in [0.15, 0.2) is 24.3 Å². The van der Waals surface area contributed by atoms with E-state index < -0.39 is 5.97 Å². The number of carboxylic acids is 1. The summed E-state index contributed by atoms with van der Waals surface area (Å²) in [6.07, 6.45) is 0.0888. The molecule has 1 aromatic rings. The first kappa shape index (κ1) is 11.7. The third kappa shape index (κ3) is 4.08. The van der Waals surface area contributed by atoms with E-state index in [0.717, 1.165) is 5.56 Å². The van der Waals surface area contributed by atoms with Crippen molar-refractivity contribution in [3.63, 3.8) is 0 Å². The van der Waals surface area contributed by atoms with Crippen LogP contribution in [0.3, 0.4) is 0 Å². The van der Waals surface area contributed by atoms with Crippen LogP contribution in [0.5, 0.6) is 0 Å². The van der Waals surface area contributed by atoms with Gasteiger partial charge in [-0.2, -0.15) is 0 Å². The molecule has 1 unspecified atom stereocenters. The van der Waals surface area contributed by atoms with Gasteiger partial charge >= 0.3 is 5.97 Å². The van der Waals surface area contributed by atoms with Crippen LogP contribution >= 0.6 is 0 Å². The van der Waals surface area contributed by atoms with Crippen molar-refractivity contribution in [2.45, 2.75) is 19.4 Å². The topological polar surface area (TPSA) is 49.3 Å². The summed E-state index contributed by atoms with van der Waals surface area (Å²) in [6, 6.07) is 6.20. The second-order valence-corrected chi connectivity index (χ2v) is 3.37. The predicted octanol–water partition coefficient (Wildman–Crippen LogP) is 1.95. The van der Waals surface area contributed by atoms with Gasteiger partial charge in [-0.05, 0) is 24.6 Å². The molecule has 0 aliphatic carbocycles. The fraction of sp³-hybridized carbons (Fsp3) is 0.364. The zero-order chi connectivity index (χ0) is 11.3. The van der Waals surface area contributed by atoms with Gasteiger partial charge in [0, 0.05) is 12.6 Å². The average molecular weight is 211 g/mol. The lowest BCUT2D eigenvalue weighted by Gasteiger charge is -2.13. The second kappa shape index (κ2) is 5.46. The Morgan fingerprint density at radius 2 is 2.07 bits per heavy atom. The summed E-state index contributed by atoms with van der Waals surface area (Å²) in [5, 5.41) is 11.5. The lowest BCUT2D eigenvalue weighted by molar-refractivity contribution is -0.136. The normalized spacial score (nSPS) is 12.4. The summed E-state index contributed by atoms with van der Waals surface area (Å²) >= 11 is 0. The number of carbonyl (C=O) groups is 1. The molecular formula is C11H14FNO2. The first-order valence-electron chi connectivity index (χ1n) is 4.80. The maximum absolute atomic E-state index is 12.6. The molecule has 1 atom stereocenters. The van der Waals surface area contributed by atoms with Crippen LogP contribution in [-0.4, -0.2) is 17.6 Å². The number of hydrogen-bond donors (Lipinski definition) is 2. The van der Waals surface area contributed by atoms with Gasteiger partial charge in [-0.3, -0.25) is 4.79 Å². The van der Waals surface area contributed by atoms with E-state index in [2.05, 4.69) is 5.32 Å². The standard InChI is InChI=1S/C11H14FNO2/c1-8(13-7-6-11(14)15)9-2-4-10(12)5-3-9/h2-5,8,13H,6-7H2,1H3,(H,14,15). The van der Waals surface area contributed by atoms with E-state index in [-0.39, 0.29) is 18.3 Å². The highest BCUT2D eigenvalue weighted by atomic mass is 19.1. The van der Waals surface area contributed by atoms with E-state index in [9.17, 15) is 9.18 Å². The third-order valence-electron chi connectivity index (χ3n) is 2.16. The van der Waals surface area contributed by atoms with Gasteiger partial charge in [0.1, 0.15) is 5.82 Å². The van der Waals surface area contributed by atoms with Crippen molar-refractivity contribution < 1.29 is 14.3 Å². The van der Waals surface area contributed by atoms with Gasteiger partial charge in [0.2, 0.25) is 0 Å². The first-order chi connectivity index (χ1) is 7.09. The molecule has 4 heteroatoms. The number of carboxylic acid groups (broad SMARTS) is 1. The second-order valence-electron chi connectivity index (χ2n) is 3.37. The largest absolute Gasteiger partial charge is 0.481 e. The first-order valence-corrected chi connectivity index (χ1v) is 4.80. The minimum Gasteiger partial charge on any atom is -0.481 e. The van der Waals surface area contributed by atoms with Crippen LogP contribution in [0.2, 0.25) is 0 Å². The number of halogens is 1. The lowest BCUT2D eigenvalue weighted by Crippen LogP contribution is -2.21. The molecule has 1 aromatic carbocycles. The molecule has 0 aliphatic heterocycles. The van der Waals surface area contributed by atoms with Gasteiger partial charge < -0.3 is 10.4 Å². The molecule has 1 rings (SSSR count). The van der Waals surface area contributed by atoms with Crippen molar-refractivity contribution >= 4 is 5.97 Å². The maximum atomic E-state index is 12.6. The fourth-order valence-electron chi connectivity index (χ4n) is 1.26.